The van der Waals surface area contributed by atoms with Crippen LogP contribution in [0, 0.1) is 17.4 Å². The number of rotatable bonds is 1. The topological polar surface area (TPSA) is 56.1 Å². The summed E-state index contributed by atoms with van der Waals surface area (Å²) in [6, 6.07) is -0.00877. The molecule has 0 aromatic heterocycles. The van der Waals surface area contributed by atoms with E-state index in [1.54, 1.807) is 0 Å². The largest absolute Gasteiger partial charge is 0.332 e. The van der Waals surface area contributed by atoms with E-state index in [9.17, 15) is 4.79 Å². The van der Waals surface area contributed by atoms with Crippen LogP contribution in [0.25, 0.3) is 0 Å². The Morgan fingerprint density at radius 1 is 1.36 bits per heavy atom. The summed E-state index contributed by atoms with van der Waals surface area (Å²) >= 11 is 0. The Bertz CT molecular complexity index is 265. The number of carbonyl (C=O) groups excluding carboxylic acids is 1. The Morgan fingerprint density at radius 2 is 2.07 bits per heavy atom. The summed E-state index contributed by atoms with van der Waals surface area (Å²) in [6.07, 6.45) is 8.15. The summed E-state index contributed by atoms with van der Waals surface area (Å²) in [5, 5.41) is 11.6. The molecule has 2 fully saturated rings. The molecule has 2 rings (SSSR count). The van der Waals surface area contributed by atoms with Gasteiger partial charge in [0.2, 0.25) is 0 Å². The standard InChI is InChI=1S/C10H15N3O/c11-7-13-6-9(12-10(13)14)8-4-2-1-3-5-8/h8-9H,1-6H2,(H,12,14). The highest BCUT2D eigenvalue weighted by atomic mass is 16.2. The monoisotopic (exact) mass is 193 g/mol. The van der Waals surface area contributed by atoms with Crippen molar-refractivity contribution in [2.24, 2.45) is 5.92 Å². The molecule has 0 aromatic carbocycles. The average molecular weight is 193 g/mol. The highest BCUT2D eigenvalue weighted by Gasteiger charge is 2.34. The quantitative estimate of drug-likeness (QED) is 0.641. The van der Waals surface area contributed by atoms with E-state index in [0.29, 0.717) is 12.5 Å². The van der Waals surface area contributed by atoms with Gasteiger partial charge < -0.3 is 5.32 Å². The lowest BCUT2D eigenvalue weighted by Gasteiger charge is -2.26. The minimum atomic E-state index is -0.219. The van der Waals surface area contributed by atoms with Crippen molar-refractivity contribution < 1.29 is 4.79 Å². The van der Waals surface area contributed by atoms with Crippen LogP contribution in [-0.2, 0) is 0 Å². The Kier molecular flexibility index (Phi) is 2.58. The zero-order chi connectivity index (χ0) is 9.97. The lowest BCUT2D eigenvalue weighted by atomic mass is 9.84. The molecule has 2 amide bonds. The minimum absolute atomic E-state index is 0.211. The highest BCUT2D eigenvalue weighted by molar-refractivity contribution is 5.78. The van der Waals surface area contributed by atoms with Crippen LogP contribution < -0.4 is 5.32 Å². The van der Waals surface area contributed by atoms with Gasteiger partial charge in [-0.25, -0.2) is 9.69 Å². The first-order chi connectivity index (χ1) is 6.81. The maximum atomic E-state index is 11.3. The molecule has 4 nitrogen and oxygen atoms in total. The zero-order valence-corrected chi connectivity index (χ0v) is 8.20. The molecule has 0 spiro atoms. The molecule has 1 saturated carbocycles. The number of carbonyl (C=O) groups is 1. The van der Waals surface area contributed by atoms with Crippen LogP contribution in [0.5, 0.6) is 0 Å². The van der Waals surface area contributed by atoms with Gasteiger partial charge in [-0.15, -0.1) is 0 Å². The second-order valence-electron chi connectivity index (χ2n) is 4.16. The van der Waals surface area contributed by atoms with Gasteiger partial charge in [-0.05, 0) is 18.8 Å². The molecular formula is C10H15N3O. The van der Waals surface area contributed by atoms with E-state index >= 15 is 0 Å². The van der Waals surface area contributed by atoms with Gasteiger partial charge in [0.1, 0.15) is 0 Å². The van der Waals surface area contributed by atoms with E-state index in [0.717, 1.165) is 0 Å². The molecule has 4 heteroatoms. The van der Waals surface area contributed by atoms with E-state index in [2.05, 4.69) is 5.32 Å². The second kappa shape index (κ2) is 3.87. The van der Waals surface area contributed by atoms with Crippen molar-refractivity contribution in [3.05, 3.63) is 0 Å². The van der Waals surface area contributed by atoms with E-state index in [1.807, 2.05) is 6.19 Å². The van der Waals surface area contributed by atoms with Crippen LogP contribution in [0.2, 0.25) is 0 Å². The first-order valence-corrected chi connectivity index (χ1v) is 5.29. The number of urea groups is 1. The SMILES string of the molecule is N#CN1CC(C2CCCCC2)NC1=O. The van der Waals surface area contributed by atoms with E-state index in [-0.39, 0.29) is 12.1 Å². The summed E-state index contributed by atoms with van der Waals surface area (Å²) < 4.78 is 0. The number of nitrogens with one attached hydrogen (secondary N) is 1. The van der Waals surface area contributed by atoms with Gasteiger partial charge in [-0.2, -0.15) is 5.26 Å². The molecule has 76 valence electrons. The highest BCUT2D eigenvalue weighted by Crippen LogP contribution is 2.28. The van der Waals surface area contributed by atoms with Crippen LogP contribution in [0.3, 0.4) is 0 Å². The third-order valence-electron chi connectivity index (χ3n) is 3.27. The Hall–Kier alpha value is -1.24. The molecule has 1 saturated heterocycles. The molecule has 2 aliphatic rings. The molecule has 1 heterocycles. The summed E-state index contributed by atoms with van der Waals surface area (Å²) in [5.74, 6) is 0.589. The van der Waals surface area contributed by atoms with Gasteiger partial charge in [0.05, 0.1) is 12.6 Å². The van der Waals surface area contributed by atoms with Crippen molar-refractivity contribution in [2.75, 3.05) is 6.54 Å². The Labute approximate surface area is 83.9 Å². The maximum Gasteiger partial charge on any atom is 0.330 e. The molecule has 14 heavy (non-hydrogen) atoms. The Morgan fingerprint density at radius 3 is 2.64 bits per heavy atom. The van der Waals surface area contributed by atoms with E-state index < -0.39 is 0 Å². The number of nitriles is 1. The van der Waals surface area contributed by atoms with Crippen molar-refractivity contribution in [3.63, 3.8) is 0 Å². The van der Waals surface area contributed by atoms with Crippen LogP contribution in [0.4, 0.5) is 4.79 Å². The first-order valence-electron chi connectivity index (χ1n) is 5.29. The zero-order valence-electron chi connectivity index (χ0n) is 8.20. The third kappa shape index (κ3) is 1.67. The predicted octanol–water partition coefficient (Wildman–Crippen LogP) is 1.44. The van der Waals surface area contributed by atoms with Gasteiger partial charge in [0, 0.05) is 0 Å². The first kappa shape index (κ1) is 9.32. The number of amides is 2. The average Bonchev–Trinajstić information content (AvgIpc) is 2.61. The molecule has 1 N–H and O–H groups in total. The molecule has 1 unspecified atom stereocenters. The van der Waals surface area contributed by atoms with Crippen LogP contribution in [-0.4, -0.2) is 23.5 Å². The second-order valence-corrected chi connectivity index (χ2v) is 4.16. The molecule has 0 aromatic rings. The van der Waals surface area contributed by atoms with Gasteiger partial charge in [-0.3, -0.25) is 0 Å². The van der Waals surface area contributed by atoms with Gasteiger partial charge in [0.25, 0.3) is 0 Å². The van der Waals surface area contributed by atoms with E-state index in [1.165, 1.54) is 37.0 Å². The lowest BCUT2D eigenvalue weighted by Crippen LogP contribution is -2.35. The number of hydrogen-bond acceptors (Lipinski definition) is 2. The molecule has 1 aliphatic carbocycles. The van der Waals surface area contributed by atoms with Crippen LogP contribution in [0.1, 0.15) is 32.1 Å². The molecule has 0 bridgehead atoms. The van der Waals surface area contributed by atoms with Crippen molar-refractivity contribution >= 4 is 6.03 Å². The normalized spacial score (nSPS) is 28.6. The summed E-state index contributed by atoms with van der Waals surface area (Å²) in [4.78, 5) is 12.5. The van der Waals surface area contributed by atoms with Gasteiger partial charge in [-0.1, -0.05) is 19.3 Å². The summed E-state index contributed by atoms with van der Waals surface area (Å²) in [7, 11) is 0. The minimum Gasteiger partial charge on any atom is -0.332 e. The molecular weight excluding hydrogens is 178 g/mol. The van der Waals surface area contributed by atoms with Crippen LogP contribution in [0.15, 0.2) is 0 Å². The smallest absolute Gasteiger partial charge is 0.330 e. The molecule has 1 atom stereocenters. The van der Waals surface area contributed by atoms with Gasteiger partial charge >= 0.3 is 6.03 Å². The van der Waals surface area contributed by atoms with Crippen LogP contribution >= 0.6 is 0 Å². The predicted molar refractivity (Wildman–Crippen MR) is 51.2 cm³/mol. The fourth-order valence-corrected chi connectivity index (χ4v) is 2.45. The maximum absolute atomic E-state index is 11.3. The third-order valence-corrected chi connectivity index (χ3v) is 3.27. The lowest BCUT2D eigenvalue weighted by molar-refractivity contribution is 0.231. The fraction of sp³-hybridized carbons (Fsp3) is 0.800. The van der Waals surface area contributed by atoms with E-state index in [4.69, 9.17) is 5.26 Å². The van der Waals surface area contributed by atoms with Crippen molar-refractivity contribution in [1.82, 2.24) is 10.2 Å². The molecule has 0 radical (unpaired) electrons. The summed E-state index contributed by atoms with van der Waals surface area (Å²) in [6.45, 7) is 0.569. The number of hydrogen-bond donors (Lipinski definition) is 1. The fourth-order valence-electron chi connectivity index (χ4n) is 2.45. The molecule has 1 aliphatic heterocycles. The van der Waals surface area contributed by atoms with Crippen molar-refractivity contribution in [2.45, 2.75) is 38.1 Å². The van der Waals surface area contributed by atoms with Crippen molar-refractivity contribution in [1.29, 1.82) is 5.26 Å². The summed E-state index contributed by atoms with van der Waals surface area (Å²) in [5.41, 5.74) is 0. The van der Waals surface area contributed by atoms with Crippen molar-refractivity contribution in [3.8, 4) is 6.19 Å². The Balaban J connectivity index is 1.94. The van der Waals surface area contributed by atoms with Gasteiger partial charge in [0.15, 0.2) is 6.19 Å². The number of nitrogens with zero attached hydrogens (tertiary/aromatic N) is 2.